The molecule has 0 saturated carbocycles. The van der Waals surface area contributed by atoms with E-state index in [9.17, 15) is 0 Å². The summed E-state index contributed by atoms with van der Waals surface area (Å²) in [5.41, 5.74) is 1.49. The van der Waals surface area contributed by atoms with Crippen LogP contribution in [0.5, 0.6) is 0 Å². The van der Waals surface area contributed by atoms with Crippen LogP contribution in [0.2, 0.25) is 0 Å². The van der Waals surface area contributed by atoms with Crippen LogP contribution in [0.25, 0.3) is 10.2 Å². The van der Waals surface area contributed by atoms with Crippen LogP contribution < -0.4 is 5.32 Å². The number of nitrogens with zero attached hydrogens (tertiary/aromatic N) is 2. The minimum Gasteiger partial charge on any atom is -0.378 e. The maximum atomic E-state index is 5.83. The standard InChI is InChI=1S/C16H21N3OS/c1-17-15-14-11-6-4-7-12(11)21-16(14)19-13(18-15)9-10-5-2-3-8-20-10/h10H,2-9H2,1H3,(H,17,18,19). The Bertz CT molecular complexity index is 661. The number of hydrogen-bond donors (Lipinski definition) is 1. The third-order valence-corrected chi connectivity index (χ3v) is 5.72. The van der Waals surface area contributed by atoms with E-state index in [1.807, 2.05) is 18.4 Å². The van der Waals surface area contributed by atoms with Gasteiger partial charge in [0.2, 0.25) is 0 Å². The van der Waals surface area contributed by atoms with Crippen LogP contribution >= 0.6 is 11.3 Å². The molecule has 1 fully saturated rings. The molecule has 0 aromatic carbocycles. The lowest BCUT2D eigenvalue weighted by Crippen LogP contribution is -2.22. The average Bonchev–Trinajstić information content (AvgIpc) is 3.07. The van der Waals surface area contributed by atoms with E-state index >= 15 is 0 Å². The molecule has 1 saturated heterocycles. The van der Waals surface area contributed by atoms with Crippen molar-refractivity contribution in [3.8, 4) is 0 Å². The van der Waals surface area contributed by atoms with E-state index in [0.29, 0.717) is 6.10 Å². The molecule has 2 aromatic rings. The smallest absolute Gasteiger partial charge is 0.138 e. The predicted octanol–water partition coefficient (Wildman–Crippen LogP) is 3.33. The number of fused-ring (bicyclic) bond motifs is 3. The maximum absolute atomic E-state index is 5.83. The van der Waals surface area contributed by atoms with Crippen molar-refractivity contribution in [2.75, 3.05) is 19.0 Å². The third kappa shape index (κ3) is 2.42. The topological polar surface area (TPSA) is 47.0 Å². The van der Waals surface area contributed by atoms with Gasteiger partial charge in [0.15, 0.2) is 0 Å². The number of anilines is 1. The highest BCUT2D eigenvalue weighted by Crippen LogP contribution is 2.39. The number of rotatable bonds is 3. The number of aromatic nitrogens is 2. The van der Waals surface area contributed by atoms with Gasteiger partial charge >= 0.3 is 0 Å². The van der Waals surface area contributed by atoms with E-state index < -0.39 is 0 Å². The lowest BCUT2D eigenvalue weighted by atomic mass is 10.1. The normalized spacial score (nSPS) is 21.7. The molecule has 0 amide bonds. The van der Waals surface area contributed by atoms with Gasteiger partial charge in [0.05, 0.1) is 11.5 Å². The first-order chi connectivity index (χ1) is 10.3. The zero-order valence-electron chi connectivity index (χ0n) is 12.4. The molecule has 0 radical (unpaired) electrons. The number of aryl methyl sites for hydroxylation is 2. The van der Waals surface area contributed by atoms with Crippen molar-refractivity contribution in [1.82, 2.24) is 9.97 Å². The molecule has 1 unspecified atom stereocenters. The molecule has 3 heterocycles. The molecule has 0 spiro atoms. The molecule has 1 atom stereocenters. The molecule has 1 aliphatic heterocycles. The van der Waals surface area contributed by atoms with Gasteiger partial charge in [-0.15, -0.1) is 11.3 Å². The van der Waals surface area contributed by atoms with E-state index in [4.69, 9.17) is 14.7 Å². The van der Waals surface area contributed by atoms with Crippen molar-refractivity contribution in [2.45, 2.75) is 51.0 Å². The fraction of sp³-hybridized carbons (Fsp3) is 0.625. The first kappa shape index (κ1) is 13.5. The van der Waals surface area contributed by atoms with Gasteiger partial charge in [-0.3, -0.25) is 0 Å². The second kappa shape index (κ2) is 5.54. The second-order valence-electron chi connectivity index (χ2n) is 5.97. The number of ether oxygens (including phenoxy) is 1. The maximum Gasteiger partial charge on any atom is 0.138 e. The third-order valence-electron chi connectivity index (χ3n) is 4.53. The van der Waals surface area contributed by atoms with Gasteiger partial charge < -0.3 is 10.1 Å². The monoisotopic (exact) mass is 303 g/mol. The second-order valence-corrected chi connectivity index (χ2v) is 7.05. The molecular formula is C16H21N3OS. The number of thiophene rings is 1. The van der Waals surface area contributed by atoms with E-state index in [0.717, 1.165) is 35.9 Å². The quantitative estimate of drug-likeness (QED) is 0.945. The van der Waals surface area contributed by atoms with Crippen LogP contribution in [0.1, 0.15) is 41.9 Å². The number of nitrogens with one attached hydrogen (secondary N) is 1. The average molecular weight is 303 g/mol. The fourth-order valence-corrected chi connectivity index (χ4v) is 4.76. The zero-order valence-corrected chi connectivity index (χ0v) is 13.3. The molecule has 2 aliphatic rings. The first-order valence-corrected chi connectivity index (χ1v) is 8.77. The Morgan fingerprint density at radius 1 is 1.24 bits per heavy atom. The van der Waals surface area contributed by atoms with Gasteiger partial charge in [-0.2, -0.15) is 0 Å². The van der Waals surface area contributed by atoms with Crippen molar-refractivity contribution in [1.29, 1.82) is 0 Å². The highest BCUT2D eigenvalue weighted by atomic mass is 32.1. The molecule has 4 rings (SSSR count). The van der Waals surface area contributed by atoms with Crippen LogP contribution in [0.3, 0.4) is 0 Å². The Labute approximate surface area is 128 Å². The van der Waals surface area contributed by atoms with Crippen molar-refractivity contribution < 1.29 is 4.74 Å². The van der Waals surface area contributed by atoms with Gasteiger partial charge in [-0.25, -0.2) is 9.97 Å². The predicted molar refractivity (Wildman–Crippen MR) is 86.3 cm³/mol. The SMILES string of the molecule is CNc1nc(CC2CCCCO2)nc2sc3c(c12)CCC3. The summed E-state index contributed by atoms with van der Waals surface area (Å²) in [4.78, 5) is 12.3. The van der Waals surface area contributed by atoms with Gasteiger partial charge in [0, 0.05) is 25.0 Å². The van der Waals surface area contributed by atoms with Gasteiger partial charge in [-0.1, -0.05) is 0 Å². The summed E-state index contributed by atoms with van der Waals surface area (Å²) in [7, 11) is 1.96. The van der Waals surface area contributed by atoms with Crippen LogP contribution in [0.4, 0.5) is 5.82 Å². The van der Waals surface area contributed by atoms with Gasteiger partial charge in [0.1, 0.15) is 16.5 Å². The lowest BCUT2D eigenvalue weighted by molar-refractivity contribution is 0.0157. The fourth-order valence-electron chi connectivity index (χ4n) is 3.48. The lowest BCUT2D eigenvalue weighted by Gasteiger charge is -2.22. The van der Waals surface area contributed by atoms with E-state index in [1.165, 1.54) is 47.9 Å². The van der Waals surface area contributed by atoms with E-state index in [2.05, 4.69) is 5.32 Å². The Kier molecular flexibility index (Phi) is 3.55. The van der Waals surface area contributed by atoms with Crippen LogP contribution in [0, 0.1) is 0 Å². The molecule has 1 aliphatic carbocycles. The summed E-state index contributed by atoms with van der Waals surface area (Å²) >= 11 is 1.86. The van der Waals surface area contributed by atoms with Gasteiger partial charge in [0.25, 0.3) is 0 Å². The van der Waals surface area contributed by atoms with Crippen molar-refractivity contribution in [2.24, 2.45) is 0 Å². The van der Waals surface area contributed by atoms with Crippen molar-refractivity contribution in [3.63, 3.8) is 0 Å². The Morgan fingerprint density at radius 2 is 2.19 bits per heavy atom. The summed E-state index contributed by atoms with van der Waals surface area (Å²) in [5.74, 6) is 1.93. The van der Waals surface area contributed by atoms with Crippen molar-refractivity contribution >= 4 is 27.4 Å². The Balaban J connectivity index is 1.70. The minimum absolute atomic E-state index is 0.299. The molecule has 4 nitrogen and oxygen atoms in total. The van der Waals surface area contributed by atoms with E-state index in [-0.39, 0.29) is 0 Å². The van der Waals surface area contributed by atoms with Crippen molar-refractivity contribution in [3.05, 3.63) is 16.3 Å². The highest BCUT2D eigenvalue weighted by Gasteiger charge is 2.23. The Hall–Kier alpha value is -1.20. The summed E-state index contributed by atoms with van der Waals surface area (Å²) in [6, 6.07) is 0. The van der Waals surface area contributed by atoms with E-state index in [1.54, 1.807) is 0 Å². The molecule has 112 valence electrons. The molecule has 21 heavy (non-hydrogen) atoms. The summed E-state index contributed by atoms with van der Waals surface area (Å²) in [6.45, 7) is 0.888. The zero-order chi connectivity index (χ0) is 14.2. The van der Waals surface area contributed by atoms with Crippen LogP contribution in [-0.4, -0.2) is 29.7 Å². The number of hydrogen-bond acceptors (Lipinski definition) is 5. The minimum atomic E-state index is 0.299. The summed E-state index contributed by atoms with van der Waals surface area (Å²) < 4.78 is 5.83. The van der Waals surface area contributed by atoms with Gasteiger partial charge in [-0.05, 0) is 44.1 Å². The van der Waals surface area contributed by atoms with Crippen LogP contribution in [-0.2, 0) is 24.0 Å². The largest absolute Gasteiger partial charge is 0.378 e. The molecule has 1 N–H and O–H groups in total. The molecule has 0 bridgehead atoms. The summed E-state index contributed by atoms with van der Waals surface area (Å²) in [6.07, 6.45) is 8.39. The molecule has 5 heteroatoms. The first-order valence-electron chi connectivity index (χ1n) is 7.95. The highest BCUT2D eigenvalue weighted by molar-refractivity contribution is 7.19. The Morgan fingerprint density at radius 3 is 3.00 bits per heavy atom. The summed E-state index contributed by atoms with van der Waals surface area (Å²) in [5, 5.41) is 4.55. The molecular weight excluding hydrogens is 282 g/mol. The van der Waals surface area contributed by atoms with Crippen LogP contribution in [0.15, 0.2) is 0 Å². The molecule has 2 aromatic heterocycles.